The SMILES string of the molecule is CC(C(=O)NC1CC1)N1CCN(C(=O)/C=C/c2ccc(N3CCCC3=O)cc2)CC1. The molecule has 3 aliphatic rings. The van der Waals surface area contributed by atoms with E-state index in [0.717, 1.165) is 37.1 Å². The standard InChI is InChI=1S/C23H30N4O3/c1-17(23(30)24-19-7-8-19)25-13-15-26(16-14-25)21(28)11-6-18-4-9-20(10-5-18)27-12-2-3-22(27)29/h4-6,9-11,17,19H,2-3,7-8,12-16H2,1H3,(H,24,30)/b11-6+. The van der Waals surface area contributed by atoms with E-state index in [1.807, 2.05) is 47.1 Å². The molecule has 0 radical (unpaired) electrons. The van der Waals surface area contributed by atoms with E-state index in [2.05, 4.69) is 10.2 Å². The average Bonchev–Trinajstić information content (AvgIpc) is 3.49. The van der Waals surface area contributed by atoms with Gasteiger partial charge in [-0.2, -0.15) is 0 Å². The zero-order chi connectivity index (χ0) is 21.1. The van der Waals surface area contributed by atoms with Crippen molar-refractivity contribution >= 4 is 29.5 Å². The lowest BCUT2D eigenvalue weighted by atomic mass is 10.1. The lowest BCUT2D eigenvalue weighted by molar-refractivity contribution is -0.130. The number of nitrogens with one attached hydrogen (secondary N) is 1. The number of benzene rings is 1. The Labute approximate surface area is 177 Å². The lowest BCUT2D eigenvalue weighted by Gasteiger charge is -2.37. The van der Waals surface area contributed by atoms with E-state index >= 15 is 0 Å². The Morgan fingerprint density at radius 1 is 1.07 bits per heavy atom. The number of nitrogens with zero attached hydrogens (tertiary/aromatic N) is 3. The molecule has 0 aromatic heterocycles. The molecule has 1 N–H and O–H groups in total. The highest BCUT2D eigenvalue weighted by molar-refractivity contribution is 5.95. The van der Waals surface area contributed by atoms with Crippen LogP contribution < -0.4 is 10.2 Å². The molecule has 1 unspecified atom stereocenters. The van der Waals surface area contributed by atoms with Gasteiger partial charge in [-0.3, -0.25) is 19.3 Å². The second kappa shape index (κ2) is 9.00. The maximum absolute atomic E-state index is 12.5. The van der Waals surface area contributed by atoms with Crippen molar-refractivity contribution in [2.75, 3.05) is 37.6 Å². The topological polar surface area (TPSA) is 73.0 Å². The third-order valence-electron chi connectivity index (χ3n) is 6.17. The Hall–Kier alpha value is -2.67. The third-order valence-corrected chi connectivity index (χ3v) is 6.17. The van der Waals surface area contributed by atoms with Crippen LogP contribution in [-0.2, 0) is 14.4 Å². The fourth-order valence-electron chi connectivity index (χ4n) is 4.00. The highest BCUT2D eigenvalue weighted by Crippen LogP contribution is 2.22. The van der Waals surface area contributed by atoms with Gasteiger partial charge >= 0.3 is 0 Å². The Kier molecular flexibility index (Phi) is 6.18. The van der Waals surface area contributed by atoms with Crippen LogP contribution in [0.5, 0.6) is 0 Å². The van der Waals surface area contributed by atoms with Gasteiger partial charge in [0.2, 0.25) is 17.7 Å². The number of amides is 3. The van der Waals surface area contributed by atoms with Crippen LogP contribution in [0.4, 0.5) is 5.69 Å². The fraction of sp³-hybridized carbons (Fsp3) is 0.522. The first-order chi connectivity index (χ1) is 14.5. The van der Waals surface area contributed by atoms with E-state index in [1.165, 1.54) is 0 Å². The van der Waals surface area contributed by atoms with Gasteiger partial charge < -0.3 is 15.1 Å². The molecule has 7 nitrogen and oxygen atoms in total. The van der Waals surface area contributed by atoms with Gasteiger partial charge in [0, 0.05) is 56.9 Å². The largest absolute Gasteiger partial charge is 0.352 e. The first-order valence-corrected chi connectivity index (χ1v) is 10.9. The van der Waals surface area contributed by atoms with E-state index in [-0.39, 0.29) is 23.8 Å². The summed E-state index contributed by atoms with van der Waals surface area (Å²) in [4.78, 5) is 42.4. The van der Waals surface area contributed by atoms with Crippen molar-refractivity contribution in [2.24, 2.45) is 0 Å². The molecule has 2 aliphatic heterocycles. The first kappa shape index (κ1) is 20.6. The van der Waals surface area contributed by atoms with Crippen molar-refractivity contribution in [1.29, 1.82) is 0 Å². The molecular weight excluding hydrogens is 380 g/mol. The van der Waals surface area contributed by atoms with Gasteiger partial charge in [0.05, 0.1) is 6.04 Å². The van der Waals surface area contributed by atoms with Crippen LogP contribution in [-0.4, -0.2) is 72.3 Å². The normalized spacial score (nSPS) is 21.3. The predicted molar refractivity (Wildman–Crippen MR) is 116 cm³/mol. The molecule has 0 spiro atoms. The molecule has 7 heteroatoms. The van der Waals surface area contributed by atoms with Crippen molar-refractivity contribution < 1.29 is 14.4 Å². The molecule has 0 bridgehead atoms. The number of carbonyl (C=O) groups excluding carboxylic acids is 3. The van der Waals surface area contributed by atoms with Crippen LogP contribution in [0.25, 0.3) is 6.08 Å². The molecule has 1 saturated carbocycles. The first-order valence-electron chi connectivity index (χ1n) is 10.9. The number of rotatable bonds is 6. The molecule has 2 saturated heterocycles. The minimum Gasteiger partial charge on any atom is -0.352 e. The maximum atomic E-state index is 12.5. The van der Waals surface area contributed by atoms with Crippen molar-refractivity contribution in [3.05, 3.63) is 35.9 Å². The molecule has 3 fully saturated rings. The summed E-state index contributed by atoms with van der Waals surface area (Å²) in [5, 5.41) is 3.05. The molecule has 4 rings (SSSR count). The molecule has 1 aromatic rings. The molecule has 2 heterocycles. The van der Waals surface area contributed by atoms with Crippen molar-refractivity contribution in [1.82, 2.24) is 15.1 Å². The number of anilines is 1. The summed E-state index contributed by atoms with van der Waals surface area (Å²) < 4.78 is 0. The van der Waals surface area contributed by atoms with Crippen LogP contribution in [0.1, 0.15) is 38.2 Å². The summed E-state index contributed by atoms with van der Waals surface area (Å²) in [5.41, 5.74) is 1.85. The number of piperazine rings is 1. The zero-order valence-electron chi connectivity index (χ0n) is 17.5. The molecular formula is C23H30N4O3. The van der Waals surface area contributed by atoms with Crippen molar-refractivity contribution in [3.8, 4) is 0 Å². The Bertz CT molecular complexity index is 823. The van der Waals surface area contributed by atoms with Gasteiger partial charge in [0.25, 0.3) is 0 Å². The van der Waals surface area contributed by atoms with Crippen LogP contribution >= 0.6 is 0 Å². The predicted octanol–water partition coefficient (Wildman–Crippen LogP) is 1.64. The molecule has 1 aromatic carbocycles. The van der Waals surface area contributed by atoms with Crippen molar-refractivity contribution in [3.63, 3.8) is 0 Å². The Balaban J connectivity index is 1.25. The van der Waals surface area contributed by atoms with Crippen LogP contribution in [0, 0.1) is 0 Å². The summed E-state index contributed by atoms with van der Waals surface area (Å²) >= 11 is 0. The van der Waals surface area contributed by atoms with E-state index in [0.29, 0.717) is 38.6 Å². The smallest absolute Gasteiger partial charge is 0.246 e. The van der Waals surface area contributed by atoms with Gasteiger partial charge in [-0.15, -0.1) is 0 Å². The number of carbonyl (C=O) groups is 3. The van der Waals surface area contributed by atoms with Crippen LogP contribution in [0.2, 0.25) is 0 Å². The van der Waals surface area contributed by atoms with E-state index in [4.69, 9.17) is 0 Å². The summed E-state index contributed by atoms with van der Waals surface area (Å²) in [6.07, 6.45) is 7.13. The van der Waals surface area contributed by atoms with Crippen molar-refractivity contribution in [2.45, 2.75) is 44.7 Å². The minimum absolute atomic E-state index is 0.0106. The highest BCUT2D eigenvalue weighted by Gasteiger charge is 2.30. The van der Waals surface area contributed by atoms with Gasteiger partial charge in [-0.05, 0) is 50.0 Å². The van der Waals surface area contributed by atoms with Crippen LogP contribution in [0.3, 0.4) is 0 Å². The summed E-state index contributed by atoms with van der Waals surface area (Å²) in [7, 11) is 0. The number of hydrogen-bond acceptors (Lipinski definition) is 4. The summed E-state index contributed by atoms with van der Waals surface area (Å²) in [5.74, 6) is 0.256. The fourth-order valence-corrected chi connectivity index (χ4v) is 4.00. The van der Waals surface area contributed by atoms with Crippen LogP contribution in [0.15, 0.2) is 30.3 Å². The Morgan fingerprint density at radius 2 is 1.77 bits per heavy atom. The molecule has 30 heavy (non-hydrogen) atoms. The molecule has 160 valence electrons. The number of hydrogen-bond donors (Lipinski definition) is 1. The van der Waals surface area contributed by atoms with E-state index < -0.39 is 0 Å². The monoisotopic (exact) mass is 410 g/mol. The maximum Gasteiger partial charge on any atom is 0.246 e. The van der Waals surface area contributed by atoms with E-state index in [1.54, 1.807) is 6.08 Å². The molecule has 1 atom stereocenters. The zero-order valence-corrected chi connectivity index (χ0v) is 17.5. The van der Waals surface area contributed by atoms with Gasteiger partial charge in [0.15, 0.2) is 0 Å². The quantitative estimate of drug-likeness (QED) is 0.724. The third kappa shape index (κ3) is 4.90. The molecule has 1 aliphatic carbocycles. The molecule has 3 amide bonds. The average molecular weight is 411 g/mol. The lowest BCUT2D eigenvalue weighted by Crippen LogP contribution is -2.55. The second-order valence-corrected chi connectivity index (χ2v) is 8.39. The van der Waals surface area contributed by atoms with Gasteiger partial charge in [0.1, 0.15) is 0 Å². The summed E-state index contributed by atoms with van der Waals surface area (Å²) in [6.45, 7) is 5.38. The van der Waals surface area contributed by atoms with Gasteiger partial charge in [-0.25, -0.2) is 0 Å². The highest BCUT2D eigenvalue weighted by atomic mass is 16.2. The minimum atomic E-state index is -0.153. The second-order valence-electron chi connectivity index (χ2n) is 8.39. The summed E-state index contributed by atoms with van der Waals surface area (Å²) in [6, 6.07) is 7.95. The Morgan fingerprint density at radius 3 is 2.37 bits per heavy atom. The van der Waals surface area contributed by atoms with Gasteiger partial charge in [-0.1, -0.05) is 12.1 Å². The van der Waals surface area contributed by atoms with E-state index in [9.17, 15) is 14.4 Å².